The van der Waals surface area contributed by atoms with Gasteiger partial charge in [0.25, 0.3) is 0 Å². The van der Waals surface area contributed by atoms with Crippen molar-refractivity contribution in [2.75, 3.05) is 19.6 Å². The number of carbonyl (C=O) groups is 2. The number of pyridine rings is 1. The van der Waals surface area contributed by atoms with Gasteiger partial charge in [-0.25, -0.2) is 0 Å². The number of nitrogens with zero attached hydrogens (tertiary/aromatic N) is 3. The summed E-state index contributed by atoms with van der Waals surface area (Å²) in [7, 11) is 0. The van der Waals surface area contributed by atoms with Crippen LogP contribution in [0.5, 0.6) is 0 Å². The first-order valence-electron chi connectivity index (χ1n) is 10.2. The lowest BCUT2D eigenvalue weighted by molar-refractivity contribution is -0.130. The zero-order chi connectivity index (χ0) is 20.4. The van der Waals surface area contributed by atoms with Gasteiger partial charge in [0.05, 0.1) is 11.6 Å². The van der Waals surface area contributed by atoms with E-state index in [-0.39, 0.29) is 23.8 Å². The second-order valence-corrected chi connectivity index (χ2v) is 8.31. The van der Waals surface area contributed by atoms with Gasteiger partial charge in [0, 0.05) is 51.8 Å². The minimum atomic E-state index is -0.446. The molecule has 1 aromatic heterocycles. The van der Waals surface area contributed by atoms with Gasteiger partial charge in [-0.3, -0.25) is 19.5 Å². The van der Waals surface area contributed by atoms with Crippen LogP contribution in [0.3, 0.4) is 0 Å². The summed E-state index contributed by atoms with van der Waals surface area (Å²) in [6.45, 7) is 6.17. The Bertz CT molecular complexity index is 873. The van der Waals surface area contributed by atoms with Crippen LogP contribution >= 0.6 is 0 Å². The van der Waals surface area contributed by atoms with Crippen LogP contribution < -0.4 is 5.32 Å². The highest BCUT2D eigenvalue weighted by Gasteiger charge is 2.56. The number of carbonyl (C=O) groups excluding carboxylic acids is 2. The van der Waals surface area contributed by atoms with Crippen molar-refractivity contribution in [3.63, 3.8) is 0 Å². The fourth-order valence-corrected chi connectivity index (χ4v) is 5.22. The van der Waals surface area contributed by atoms with Gasteiger partial charge in [-0.1, -0.05) is 36.4 Å². The Labute approximate surface area is 171 Å². The lowest BCUT2D eigenvalue weighted by Crippen LogP contribution is -2.63. The number of hydrogen-bond donors (Lipinski definition) is 1. The molecule has 2 aliphatic rings. The van der Waals surface area contributed by atoms with Crippen LogP contribution in [0, 0.1) is 5.92 Å². The molecule has 0 unspecified atom stereocenters. The molecular formula is C23H28N4O2. The van der Waals surface area contributed by atoms with Crippen molar-refractivity contribution < 1.29 is 9.59 Å². The van der Waals surface area contributed by atoms with Gasteiger partial charge in [0.15, 0.2) is 0 Å². The lowest BCUT2D eigenvalue weighted by Gasteiger charge is -2.45. The van der Waals surface area contributed by atoms with Crippen LogP contribution in [0.1, 0.15) is 37.4 Å². The van der Waals surface area contributed by atoms with E-state index in [2.05, 4.69) is 33.4 Å². The zero-order valence-electron chi connectivity index (χ0n) is 17.0. The van der Waals surface area contributed by atoms with Crippen LogP contribution in [0.2, 0.25) is 0 Å². The summed E-state index contributed by atoms with van der Waals surface area (Å²) in [5.74, 6) is 0.190. The topological polar surface area (TPSA) is 65.5 Å². The van der Waals surface area contributed by atoms with Crippen molar-refractivity contribution >= 4 is 11.8 Å². The molecule has 2 aromatic rings. The molecule has 0 aliphatic carbocycles. The van der Waals surface area contributed by atoms with Crippen molar-refractivity contribution in [2.24, 2.45) is 5.92 Å². The summed E-state index contributed by atoms with van der Waals surface area (Å²) in [5, 5.41) is 3.27. The molecule has 1 N–H and O–H groups in total. The first-order valence-corrected chi connectivity index (χ1v) is 10.2. The number of rotatable bonds is 4. The van der Waals surface area contributed by atoms with Gasteiger partial charge < -0.3 is 10.2 Å². The van der Waals surface area contributed by atoms with Crippen LogP contribution in [-0.4, -0.2) is 51.8 Å². The summed E-state index contributed by atoms with van der Waals surface area (Å²) < 4.78 is 0. The maximum atomic E-state index is 12.6. The predicted molar refractivity (Wildman–Crippen MR) is 111 cm³/mol. The summed E-state index contributed by atoms with van der Waals surface area (Å²) in [6, 6.07) is 14.2. The predicted octanol–water partition coefficient (Wildman–Crippen LogP) is 2.38. The summed E-state index contributed by atoms with van der Waals surface area (Å²) >= 11 is 0. The fraction of sp³-hybridized carbons (Fsp3) is 0.435. The third-order valence-corrected chi connectivity index (χ3v) is 6.24. The maximum Gasteiger partial charge on any atom is 0.220 e. The van der Waals surface area contributed by atoms with Gasteiger partial charge in [0.1, 0.15) is 0 Å². The van der Waals surface area contributed by atoms with E-state index < -0.39 is 5.54 Å². The van der Waals surface area contributed by atoms with Crippen molar-refractivity contribution in [3.05, 3.63) is 66.0 Å². The maximum absolute atomic E-state index is 12.6. The fourth-order valence-electron chi connectivity index (χ4n) is 5.22. The largest absolute Gasteiger partial charge is 0.347 e. The van der Waals surface area contributed by atoms with Gasteiger partial charge in [-0.05, 0) is 30.2 Å². The third-order valence-electron chi connectivity index (χ3n) is 6.24. The molecular weight excluding hydrogens is 364 g/mol. The number of amides is 2. The monoisotopic (exact) mass is 392 g/mol. The summed E-state index contributed by atoms with van der Waals surface area (Å²) in [6.07, 6.45) is 4.59. The molecule has 2 aliphatic heterocycles. The Balaban J connectivity index is 1.66. The molecule has 6 heteroatoms. The molecule has 2 amide bonds. The van der Waals surface area contributed by atoms with Crippen molar-refractivity contribution in [1.29, 1.82) is 0 Å². The van der Waals surface area contributed by atoms with Gasteiger partial charge in [-0.2, -0.15) is 0 Å². The molecule has 2 fully saturated rings. The Kier molecular flexibility index (Phi) is 5.37. The molecule has 0 bridgehead atoms. The Morgan fingerprint density at radius 3 is 2.59 bits per heavy atom. The smallest absolute Gasteiger partial charge is 0.220 e. The Morgan fingerprint density at radius 1 is 1.14 bits per heavy atom. The minimum absolute atomic E-state index is 0.0129. The average molecular weight is 393 g/mol. The second-order valence-electron chi connectivity index (χ2n) is 8.31. The van der Waals surface area contributed by atoms with Gasteiger partial charge >= 0.3 is 0 Å². The molecule has 0 spiro atoms. The third kappa shape index (κ3) is 3.90. The average Bonchev–Trinajstić information content (AvgIpc) is 3.03. The van der Waals surface area contributed by atoms with E-state index in [0.29, 0.717) is 6.54 Å². The van der Waals surface area contributed by atoms with E-state index in [9.17, 15) is 9.59 Å². The number of nitrogens with one attached hydrogen (secondary N) is 1. The zero-order valence-corrected chi connectivity index (χ0v) is 17.0. The van der Waals surface area contributed by atoms with E-state index in [1.165, 1.54) is 0 Å². The van der Waals surface area contributed by atoms with E-state index in [1.807, 2.05) is 35.4 Å². The van der Waals surface area contributed by atoms with Gasteiger partial charge in [0.2, 0.25) is 11.8 Å². The Hall–Kier alpha value is -2.73. The first-order chi connectivity index (χ1) is 14.0. The minimum Gasteiger partial charge on any atom is -0.347 e. The Morgan fingerprint density at radius 2 is 1.93 bits per heavy atom. The number of piperidine rings is 1. The van der Waals surface area contributed by atoms with Crippen LogP contribution in [0.25, 0.3) is 0 Å². The van der Waals surface area contributed by atoms with E-state index >= 15 is 0 Å². The summed E-state index contributed by atoms with van der Waals surface area (Å²) in [4.78, 5) is 33.3. The van der Waals surface area contributed by atoms with Gasteiger partial charge in [-0.15, -0.1) is 0 Å². The number of aromatic nitrogens is 1. The molecule has 4 rings (SSSR count). The number of hydrogen-bond acceptors (Lipinski definition) is 4. The quantitative estimate of drug-likeness (QED) is 0.868. The van der Waals surface area contributed by atoms with Crippen molar-refractivity contribution in [2.45, 2.75) is 38.4 Å². The molecule has 0 radical (unpaired) electrons. The van der Waals surface area contributed by atoms with Crippen LogP contribution in [-0.2, 0) is 16.1 Å². The molecule has 29 heavy (non-hydrogen) atoms. The van der Waals surface area contributed by atoms with E-state index in [0.717, 1.165) is 37.2 Å². The number of likely N-dealkylation sites (tertiary alicyclic amines) is 2. The standard InChI is InChI=1S/C23H28N4O2/c1-17(28)25-23-15-26(14-19-7-6-11-24-13-19)12-10-21(23)22(27(16-23)18(2)29)20-8-4-3-5-9-20/h3-9,11,13,21-22H,10,12,14-16H2,1-2H3,(H,25,28)/t21-,22-,23-/m1/s1. The molecule has 6 nitrogen and oxygen atoms in total. The number of benzene rings is 1. The highest BCUT2D eigenvalue weighted by atomic mass is 16.2. The summed E-state index contributed by atoms with van der Waals surface area (Å²) in [5.41, 5.74) is 1.85. The molecule has 0 saturated carbocycles. The van der Waals surface area contributed by atoms with Crippen molar-refractivity contribution in [3.8, 4) is 0 Å². The lowest BCUT2D eigenvalue weighted by atomic mass is 9.75. The molecule has 2 saturated heterocycles. The van der Waals surface area contributed by atoms with Crippen LogP contribution in [0.15, 0.2) is 54.9 Å². The first kappa shape index (κ1) is 19.6. The highest BCUT2D eigenvalue weighted by molar-refractivity contribution is 5.77. The van der Waals surface area contributed by atoms with E-state index in [1.54, 1.807) is 20.0 Å². The number of fused-ring (bicyclic) bond motifs is 1. The van der Waals surface area contributed by atoms with E-state index in [4.69, 9.17) is 0 Å². The molecule has 1 aromatic carbocycles. The molecule has 152 valence electrons. The SMILES string of the molecule is CC(=O)N[C@@]12CN(Cc3cccnc3)CC[C@@H]1[C@@H](c1ccccc1)N(C(C)=O)C2. The normalized spacial score (nSPS) is 26.8. The molecule has 3 atom stereocenters. The molecule has 3 heterocycles. The highest BCUT2D eigenvalue weighted by Crippen LogP contribution is 2.47. The second kappa shape index (κ2) is 7.95. The van der Waals surface area contributed by atoms with Crippen LogP contribution in [0.4, 0.5) is 0 Å². The van der Waals surface area contributed by atoms with Crippen molar-refractivity contribution in [1.82, 2.24) is 20.1 Å².